The van der Waals surface area contributed by atoms with Crippen molar-refractivity contribution in [1.82, 2.24) is 25.1 Å². The predicted octanol–water partition coefficient (Wildman–Crippen LogP) is 3.90. The van der Waals surface area contributed by atoms with Crippen molar-refractivity contribution in [2.75, 3.05) is 0 Å². The summed E-state index contributed by atoms with van der Waals surface area (Å²) < 4.78 is 2.12. The van der Waals surface area contributed by atoms with E-state index in [1.165, 1.54) is 10.9 Å². The second-order valence-corrected chi connectivity index (χ2v) is 9.18. The average molecular weight is 445 g/mol. The summed E-state index contributed by atoms with van der Waals surface area (Å²) >= 11 is 0. The molecule has 0 aliphatic carbocycles. The minimum atomic E-state index is -0.958. The number of amides is 1. The number of H-pyrrole nitrogens is 1. The van der Waals surface area contributed by atoms with E-state index < -0.39 is 5.54 Å². The molecule has 2 heterocycles. The maximum atomic E-state index is 12.4. The van der Waals surface area contributed by atoms with Gasteiger partial charge in [0.15, 0.2) is 5.82 Å². The van der Waals surface area contributed by atoms with Crippen molar-refractivity contribution in [2.45, 2.75) is 58.2 Å². The van der Waals surface area contributed by atoms with Crippen LogP contribution >= 0.6 is 0 Å². The number of nitrogens with one attached hydrogen (secondary N) is 2. The second-order valence-electron chi connectivity index (χ2n) is 9.18. The van der Waals surface area contributed by atoms with Crippen molar-refractivity contribution in [1.29, 1.82) is 0 Å². The number of rotatable bonds is 9. The van der Waals surface area contributed by atoms with E-state index in [1.807, 2.05) is 31.2 Å². The summed E-state index contributed by atoms with van der Waals surface area (Å²) in [5.41, 5.74) is 8.64. The molecule has 4 rings (SSSR count). The molecule has 0 saturated heterocycles. The van der Waals surface area contributed by atoms with E-state index in [1.54, 1.807) is 13.8 Å². The number of benzene rings is 2. The Kier molecular flexibility index (Phi) is 6.60. The van der Waals surface area contributed by atoms with Crippen LogP contribution in [-0.4, -0.2) is 31.2 Å². The highest BCUT2D eigenvalue weighted by atomic mass is 16.2. The summed E-state index contributed by atoms with van der Waals surface area (Å²) in [6.45, 7) is 5.96. The Morgan fingerprint density at radius 3 is 2.58 bits per heavy atom. The van der Waals surface area contributed by atoms with Crippen LogP contribution in [0.3, 0.4) is 0 Å². The molecule has 4 aromatic rings. The number of nitrogens with zero attached hydrogens (tertiary/aromatic N) is 3. The Morgan fingerprint density at radius 2 is 1.82 bits per heavy atom. The van der Waals surface area contributed by atoms with Gasteiger partial charge in [-0.3, -0.25) is 4.79 Å². The molecule has 2 aromatic heterocycles. The van der Waals surface area contributed by atoms with E-state index in [9.17, 15) is 4.79 Å². The van der Waals surface area contributed by atoms with Crippen molar-refractivity contribution >= 4 is 16.8 Å². The van der Waals surface area contributed by atoms with Gasteiger partial charge in [0.1, 0.15) is 5.82 Å². The molecule has 172 valence electrons. The van der Waals surface area contributed by atoms with Gasteiger partial charge in [-0.15, -0.1) is 10.2 Å². The van der Waals surface area contributed by atoms with Crippen LogP contribution in [0.5, 0.6) is 0 Å². The number of nitrogens with two attached hydrogens (primary N) is 1. The minimum absolute atomic E-state index is 0.217. The van der Waals surface area contributed by atoms with Gasteiger partial charge in [-0.1, -0.05) is 48.5 Å². The largest absolute Gasteiger partial charge is 0.361 e. The average Bonchev–Trinajstić information content (AvgIpc) is 3.38. The molecular weight excluding hydrogens is 412 g/mol. The Bertz CT molecular complexity index is 1220. The zero-order valence-electron chi connectivity index (χ0n) is 19.5. The Hall–Kier alpha value is -3.45. The highest BCUT2D eigenvalue weighted by Gasteiger charge is 2.26. The van der Waals surface area contributed by atoms with Crippen LogP contribution < -0.4 is 11.1 Å². The molecule has 7 nitrogen and oxygen atoms in total. The van der Waals surface area contributed by atoms with Crippen LogP contribution in [0.1, 0.15) is 56.0 Å². The quantitative estimate of drug-likeness (QED) is 0.364. The van der Waals surface area contributed by atoms with Gasteiger partial charge in [0.25, 0.3) is 0 Å². The molecule has 7 heteroatoms. The molecule has 0 bridgehead atoms. The molecule has 2 aromatic carbocycles. The minimum Gasteiger partial charge on any atom is -0.361 e. The van der Waals surface area contributed by atoms with Gasteiger partial charge < -0.3 is 20.6 Å². The van der Waals surface area contributed by atoms with E-state index in [0.29, 0.717) is 6.54 Å². The lowest BCUT2D eigenvalue weighted by Gasteiger charge is -2.22. The zero-order chi connectivity index (χ0) is 23.4. The number of fused-ring (bicyclic) bond motifs is 1. The molecular formula is C26H32N6O. The van der Waals surface area contributed by atoms with Gasteiger partial charge >= 0.3 is 0 Å². The fourth-order valence-electron chi connectivity index (χ4n) is 4.02. The molecule has 0 fully saturated rings. The number of para-hydroxylation sites is 1. The summed E-state index contributed by atoms with van der Waals surface area (Å²) in [4.78, 5) is 15.8. The lowest BCUT2D eigenvalue weighted by Crippen LogP contribution is -2.49. The molecule has 1 amide bonds. The summed E-state index contributed by atoms with van der Waals surface area (Å²) in [5, 5.41) is 13.2. The lowest BCUT2D eigenvalue weighted by atomic mass is 10.1. The van der Waals surface area contributed by atoms with E-state index in [4.69, 9.17) is 5.73 Å². The van der Waals surface area contributed by atoms with Gasteiger partial charge in [-0.2, -0.15) is 0 Å². The standard InChI is InChI=1S/C26H32N6O/c1-18(29-25(33)26(2,3)27)24-31-30-23(32(24)17-19-10-5-4-6-11-19)15-9-12-20-16-28-22-14-8-7-13-21(20)22/h4-8,10-11,13-14,16,18,28H,9,12,15,17,27H2,1-3H3,(H,29,33)/t18-/m1/s1. The summed E-state index contributed by atoms with van der Waals surface area (Å²) in [6.07, 6.45) is 4.79. The van der Waals surface area contributed by atoms with Crippen LogP contribution in [-0.2, 0) is 24.2 Å². The van der Waals surface area contributed by atoms with E-state index in [-0.39, 0.29) is 11.9 Å². The third-order valence-corrected chi connectivity index (χ3v) is 5.88. The number of carbonyl (C=O) groups is 1. The fourth-order valence-corrected chi connectivity index (χ4v) is 4.02. The highest BCUT2D eigenvalue weighted by Crippen LogP contribution is 2.21. The normalized spacial score (nSPS) is 12.7. The van der Waals surface area contributed by atoms with Gasteiger partial charge in [0.2, 0.25) is 5.91 Å². The predicted molar refractivity (Wildman–Crippen MR) is 131 cm³/mol. The second kappa shape index (κ2) is 9.58. The van der Waals surface area contributed by atoms with Crippen molar-refractivity contribution in [3.05, 3.63) is 83.6 Å². The summed E-state index contributed by atoms with van der Waals surface area (Å²) in [6, 6.07) is 18.3. The maximum absolute atomic E-state index is 12.4. The van der Waals surface area contributed by atoms with E-state index in [2.05, 4.69) is 61.6 Å². The number of aryl methyl sites for hydroxylation is 2. The van der Waals surface area contributed by atoms with Crippen LogP contribution in [0.25, 0.3) is 10.9 Å². The van der Waals surface area contributed by atoms with Gasteiger partial charge in [0.05, 0.1) is 18.1 Å². The van der Waals surface area contributed by atoms with Crippen LogP contribution in [0, 0.1) is 0 Å². The molecule has 0 saturated carbocycles. The van der Waals surface area contributed by atoms with Gasteiger partial charge in [-0.05, 0) is 50.8 Å². The molecule has 4 N–H and O–H groups in total. The number of aromatic amines is 1. The van der Waals surface area contributed by atoms with Crippen LogP contribution in [0.15, 0.2) is 60.8 Å². The van der Waals surface area contributed by atoms with E-state index in [0.717, 1.165) is 42.0 Å². The SMILES string of the molecule is C[C@@H](NC(=O)C(C)(C)N)c1nnc(CCCc2c[nH]c3ccccc23)n1Cc1ccccc1. The highest BCUT2D eigenvalue weighted by molar-refractivity contribution is 5.85. The first kappa shape index (κ1) is 22.7. The first-order chi connectivity index (χ1) is 15.8. The van der Waals surface area contributed by atoms with Gasteiger partial charge in [0, 0.05) is 23.5 Å². The monoisotopic (exact) mass is 444 g/mol. The van der Waals surface area contributed by atoms with Crippen LogP contribution in [0.2, 0.25) is 0 Å². The van der Waals surface area contributed by atoms with E-state index >= 15 is 0 Å². The fraction of sp³-hybridized carbons (Fsp3) is 0.346. The van der Waals surface area contributed by atoms with Crippen molar-refractivity contribution in [3.63, 3.8) is 0 Å². The third kappa shape index (κ3) is 5.31. The summed E-state index contributed by atoms with van der Waals surface area (Å²) in [7, 11) is 0. The maximum Gasteiger partial charge on any atom is 0.240 e. The molecule has 0 aliphatic heterocycles. The first-order valence-corrected chi connectivity index (χ1v) is 11.4. The molecule has 1 atom stereocenters. The Morgan fingerprint density at radius 1 is 1.09 bits per heavy atom. The molecule has 0 spiro atoms. The first-order valence-electron chi connectivity index (χ1n) is 11.4. The smallest absolute Gasteiger partial charge is 0.240 e. The number of aromatic nitrogens is 4. The molecule has 33 heavy (non-hydrogen) atoms. The third-order valence-electron chi connectivity index (χ3n) is 5.88. The number of carbonyl (C=O) groups excluding carboxylic acids is 1. The van der Waals surface area contributed by atoms with Crippen LogP contribution in [0.4, 0.5) is 0 Å². The Labute approximate surface area is 194 Å². The zero-order valence-corrected chi connectivity index (χ0v) is 19.5. The van der Waals surface area contributed by atoms with Crippen molar-refractivity contribution in [3.8, 4) is 0 Å². The van der Waals surface area contributed by atoms with Crippen molar-refractivity contribution in [2.24, 2.45) is 5.73 Å². The topological polar surface area (TPSA) is 102 Å². The van der Waals surface area contributed by atoms with Gasteiger partial charge in [-0.25, -0.2) is 0 Å². The molecule has 0 radical (unpaired) electrons. The number of hydrogen-bond acceptors (Lipinski definition) is 4. The molecule has 0 aliphatic rings. The lowest BCUT2D eigenvalue weighted by molar-refractivity contribution is -0.125. The molecule has 0 unspecified atom stereocenters. The number of hydrogen-bond donors (Lipinski definition) is 3. The Balaban J connectivity index is 1.53. The summed E-state index contributed by atoms with van der Waals surface area (Å²) in [5.74, 6) is 1.44. The van der Waals surface area contributed by atoms with Crippen molar-refractivity contribution < 1.29 is 4.79 Å².